The smallest absolute Gasteiger partial charge is 1.00 e. The van der Waals surface area contributed by atoms with E-state index >= 15 is 0 Å². The summed E-state index contributed by atoms with van der Waals surface area (Å²) >= 11 is -0.197. The van der Waals surface area contributed by atoms with Gasteiger partial charge in [-0.1, -0.05) is 0 Å². The molecule has 1 N–H and O–H groups in total. The van der Waals surface area contributed by atoms with Crippen LogP contribution < -0.4 is 24.8 Å². The van der Waals surface area contributed by atoms with E-state index in [1.807, 2.05) is 6.08 Å². The maximum atomic E-state index is 11.6. The molecule has 1 aliphatic carbocycles. The molecule has 1 fully saturated rings. The average molecular weight is 343 g/mol. The van der Waals surface area contributed by atoms with Crippen LogP contribution in [0.5, 0.6) is 0 Å². The molecule has 0 spiro atoms. The molecule has 17 heavy (non-hydrogen) atoms. The number of carbonyl (C=O) groups is 1. The molecule has 2 aliphatic rings. The molecule has 1 heterocycles. The van der Waals surface area contributed by atoms with Crippen molar-refractivity contribution < 1.29 is 53.9 Å². The molecule has 0 radical (unpaired) electrons. The summed E-state index contributed by atoms with van der Waals surface area (Å²) in [5.74, 6) is 0.340. The fourth-order valence-electron chi connectivity index (χ4n) is 1.83. The summed E-state index contributed by atoms with van der Waals surface area (Å²) in [4.78, 5) is 11.6. The third kappa shape index (κ3) is 4.46. The van der Waals surface area contributed by atoms with E-state index in [1.165, 1.54) is 18.6 Å². The first-order valence-corrected chi connectivity index (χ1v) is 12.1. The van der Waals surface area contributed by atoms with Crippen molar-refractivity contribution in [3.8, 4) is 0 Å². The van der Waals surface area contributed by atoms with Gasteiger partial charge in [0.05, 0.1) is 0 Å². The minimum atomic E-state index is -1.20. The van der Waals surface area contributed by atoms with Crippen molar-refractivity contribution in [3.05, 3.63) is 20.3 Å². The van der Waals surface area contributed by atoms with E-state index < -0.39 is 8.07 Å². The van der Waals surface area contributed by atoms with Crippen LogP contribution in [0.15, 0.2) is 20.3 Å². The van der Waals surface area contributed by atoms with Crippen molar-refractivity contribution in [1.29, 1.82) is 0 Å². The van der Waals surface area contributed by atoms with Gasteiger partial charge in [-0.2, -0.15) is 0 Å². The molecule has 0 unspecified atom stereocenters. The number of hydrogen-bond acceptors (Lipinski definition) is 2. The molecule has 94 valence electrons. The van der Waals surface area contributed by atoms with Gasteiger partial charge in [0.15, 0.2) is 0 Å². The second kappa shape index (κ2) is 6.85. The Kier molecular flexibility index (Phi) is 7.18. The Hall–Kier alpha value is 0.838. The minimum absolute atomic E-state index is 0. The van der Waals surface area contributed by atoms with Gasteiger partial charge in [0.2, 0.25) is 0 Å². The number of halogens is 2. The van der Waals surface area contributed by atoms with Gasteiger partial charge in [-0.15, -0.1) is 0 Å². The van der Waals surface area contributed by atoms with Crippen molar-refractivity contribution in [3.63, 3.8) is 0 Å². The number of fused-ring (bicyclic) bond motifs is 1. The molecule has 0 atom stereocenters. The van der Waals surface area contributed by atoms with Crippen molar-refractivity contribution in [2.75, 3.05) is 6.61 Å². The largest absolute Gasteiger partial charge is 1.00 e. The number of hydrogen-bond donors (Lipinski definition) is 1. The van der Waals surface area contributed by atoms with Crippen molar-refractivity contribution in [2.24, 2.45) is 0 Å². The van der Waals surface area contributed by atoms with Gasteiger partial charge in [0.1, 0.15) is 0 Å². The van der Waals surface area contributed by atoms with Crippen LogP contribution in [0, 0.1) is 0 Å². The Bertz CT molecular complexity index is 381. The molecule has 0 saturated carbocycles. The molecule has 2 rings (SSSR count). The third-order valence-corrected chi connectivity index (χ3v) is 14.7. The molecule has 1 saturated heterocycles. The first kappa shape index (κ1) is 17.8. The standard InChI is InChI=1S/C5H3OSi.C5H13OSi.2ClH.Ti/c6-3-1-4-5(2-3)7-4;1-7(2,3)5-4-6;;;/h1H,7H2;6H,1,4-5H2,2-3H3;2*1H;/q;;;;+2/p-2. The Balaban J connectivity index is 0.00000128. The SMILES string of the molecule is C[Si](C)(CCO)[CH2][Ti+2][C]1=C2[SiH2]C2=CC1=O.[Cl-].[Cl-]. The molecule has 2 nitrogen and oxygen atoms in total. The summed E-state index contributed by atoms with van der Waals surface area (Å²) in [7, 11) is -1.25. The second-order valence-corrected chi connectivity index (χ2v) is 15.0. The van der Waals surface area contributed by atoms with E-state index in [4.69, 9.17) is 5.11 Å². The fraction of sp³-hybridized carbons (Fsp3) is 0.500. The molecular formula is C10H16Cl2O2Si2Ti. The Morgan fingerprint density at radius 1 is 1.41 bits per heavy atom. The van der Waals surface area contributed by atoms with E-state index in [1.54, 1.807) is 0 Å². The number of rotatable bonds is 5. The quantitative estimate of drug-likeness (QED) is 0.506. The van der Waals surface area contributed by atoms with E-state index in [-0.39, 0.29) is 53.5 Å². The van der Waals surface area contributed by atoms with Gasteiger partial charge in [0.25, 0.3) is 0 Å². The Morgan fingerprint density at radius 3 is 2.53 bits per heavy atom. The monoisotopic (exact) mass is 342 g/mol. The predicted molar refractivity (Wildman–Crippen MR) is 62.8 cm³/mol. The van der Waals surface area contributed by atoms with Crippen LogP contribution in [0.2, 0.25) is 23.5 Å². The molecule has 0 aromatic carbocycles. The van der Waals surface area contributed by atoms with Crippen LogP contribution in [0.1, 0.15) is 0 Å². The van der Waals surface area contributed by atoms with Crippen molar-refractivity contribution in [1.82, 2.24) is 0 Å². The second-order valence-electron chi connectivity index (χ2n) is 5.06. The van der Waals surface area contributed by atoms with Crippen LogP contribution in [0.3, 0.4) is 0 Å². The van der Waals surface area contributed by atoms with Gasteiger partial charge in [-0.3, -0.25) is 0 Å². The first-order chi connectivity index (χ1) is 7.03. The zero-order chi connectivity index (χ0) is 11.1. The van der Waals surface area contributed by atoms with E-state index in [0.29, 0.717) is 12.4 Å². The van der Waals surface area contributed by atoms with Crippen LogP contribution in [0.4, 0.5) is 0 Å². The summed E-state index contributed by atoms with van der Waals surface area (Å²) in [5.41, 5.74) is 0. The summed E-state index contributed by atoms with van der Waals surface area (Å²) in [6, 6.07) is 0.991. The van der Waals surface area contributed by atoms with Crippen LogP contribution in [-0.2, 0) is 23.9 Å². The fourth-order valence-corrected chi connectivity index (χ4v) is 10.5. The average Bonchev–Trinajstić information content (AvgIpc) is 2.78. The van der Waals surface area contributed by atoms with Gasteiger partial charge >= 0.3 is 103 Å². The van der Waals surface area contributed by atoms with Gasteiger partial charge in [0, 0.05) is 0 Å². The summed E-state index contributed by atoms with van der Waals surface area (Å²) in [6.45, 7) is 4.98. The maximum Gasteiger partial charge on any atom is -1.00 e. The van der Waals surface area contributed by atoms with Crippen LogP contribution in [0.25, 0.3) is 0 Å². The predicted octanol–water partition coefficient (Wildman–Crippen LogP) is -5.40. The normalized spacial score (nSPS) is 18.1. The summed E-state index contributed by atoms with van der Waals surface area (Å²) < 4.78 is 2.53. The number of aliphatic hydroxyl groups is 1. The number of ketones is 1. The number of aliphatic hydroxyl groups excluding tert-OH is 1. The van der Waals surface area contributed by atoms with E-state index in [9.17, 15) is 4.79 Å². The van der Waals surface area contributed by atoms with Gasteiger partial charge in [-0.05, 0) is 0 Å². The number of carbonyl (C=O) groups excluding carboxylic acids is 1. The Morgan fingerprint density at radius 2 is 2.06 bits per heavy atom. The summed E-state index contributed by atoms with van der Waals surface area (Å²) in [6.07, 6.45) is 1.89. The number of allylic oxidation sites excluding steroid dienone is 4. The van der Waals surface area contributed by atoms with Crippen molar-refractivity contribution >= 4 is 23.4 Å². The molecule has 7 heteroatoms. The van der Waals surface area contributed by atoms with E-state index in [0.717, 1.165) is 6.04 Å². The molecule has 1 aliphatic heterocycles. The Labute approximate surface area is 127 Å². The maximum absolute atomic E-state index is 11.6. The topological polar surface area (TPSA) is 37.3 Å². The van der Waals surface area contributed by atoms with E-state index in [2.05, 4.69) is 13.1 Å². The molecule has 0 bridgehead atoms. The van der Waals surface area contributed by atoms with Crippen molar-refractivity contribution in [2.45, 2.75) is 23.5 Å². The van der Waals surface area contributed by atoms with Gasteiger partial charge in [-0.25, -0.2) is 0 Å². The minimum Gasteiger partial charge on any atom is -1.00 e. The summed E-state index contributed by atoms with van der Waals surface area (Å²) in [5, 5.41) is 11.9. The zero-order valence-corrected chi connectivity index (χ0v) is 15.5. The van der Waals surface area contributed by atoms with Crippen LogP contribution >= 0.6 is 0 Å². The first-order valence-electron chi connectivity index (χ1n) is 5.37. The van der Waals surface area contributed by atoms with Gasteiger partial charge < -0.3 is 24.8 Å². The molecule has 0 amide bonds. The van der Waals surface area contributed by atoms with Crippen LogP contribution in [-0.4, -0.2) is 35.1 Å². The molecule has 0 aromatic heterocycles. The third-order valence-electron chi connectivity index (χ3n) is 3.02. The zero-order valence-electron chi connectivity index (χ0n) is 10.0. The molecular weight excluding hydrogens is 327 g/mol. The molecule has 0 aromatic rings.